The summed E-state index contributed by atoms with van der Waals surface area (Å²) in [5.74, 6) is -0.0218. The quantitative estimate of drug-likeness (QED) is 0.622. The zero-order valence-corrected chi connectivity index (χ0v) is 15.3. The van der Waals surface area contributed by atoms with Crippen molar-refractivity contribution in [1.82, 2.24) is 10.2 Å². The van der Waals surface area contributed by atoms with E-state index in [0.717, 1.165) is 24.1 Å². The van der Waals surface area contributed by atoms with Gasteiger partial charge in [-0.05, 0) is 42.4 Å². The molecular weight excluding hydrogens is 336 g/mol. The molecule has 1 aliphatic heterocycles. The van der Waals surface area contributed by atoms with Crippen LogP contribution in [0.2, 0.25) is 0 Å². The van der Waals surface area contributed by atoms with Crippen molar-refractivity contribution in [2.45, 2.75) is 26.2 Å². The largest absolute Gasteiger partial charge is 0.328 e. The summed E-state index contributed by atoms with van der Waals surface area (Å²) in [7, 11) is 0. The van der Waals surface area contributed by atoms with Gasteiger partial charge < -0.3 is 5.32 Å². The number of hydrogen-bond acceptors (Lipinski definition) is 3. The number of rotatable bonds is 6. The fourth-order valence-corrected chi connectivity index (χ4v) is 3.87. The highest BCUT2D eigenvalue weighted by molar-refractivity contribution is 7.80. The fourth-order valence-electron chi connectivity index (χ4n) is 2.60. The van der Waals surface area contributed by atoms with Crippen LogP contribution in [0.4, 0.5) is 0 Å². The Balaban J connectivity index is 1.71. The molecule has 1 fully saturated rings. The molecule has 0 atom stereocenters. The Kier molecular flexibility index (Phi) is 5.43. The second-order valence-corrected chi connectivity index (χ2v) is 7.35. The van der Waals surface area contributed by atoms with E-state index in [4.69, 9.17) is 12.2 Å². The topological polar surface area (TPSA) is 32.3 Å². The van der Waals surface area contributed by atoms with Crippen LogP contribution in [0.3, 0.4) is 0 Å². The van der Waals surface area contributed by atoms with E-state index in [0.29, 0.717) is 17.4 Å². The zero-order valence-electron chi connectivity index (χ0n) is 13.6. The van der Waals surface area contributed by atoms with Crippen LogP contribution in [0.25, 0.3) is 6.08 Å². The Morgan fingerprint density at radius 3 is 2.75 bits per heavy atom. The van der Waals surface area contributed by atoms with Crippen molar-refractivity contribution in [1.29, 1.82) is 0 Å². The normalized spacial score (nSPS) is 16.0. The maximum Gasteiger partial charge on any atom is 0.276 e. The van der Waals surface area contributed by atoms with Gasteiger partial charge in [0.05, 0.1) is 0 Å². The Morgan fingerprint density at radius 2 is 2.00 bits per heavy atom. The molecule has 1 N–H and O–H groups in total. The molecule has 0 radical (unpaired) electrons. The smallest absolute Gasteiger partial charge is 0.276 e. The lowest BCUT2D eigenvalue weighted by molar-refractivity contribution is -0.122. The van der Waals surface area contributed by atoms with E-state index in [9.17, 15) is 4.79 Å². The summed E-state index contributed by atoms with van der Waals surface area (Å²) in [6.07, 6.45) is 4.82. The number of hydrogen-bond donors (Lipinski definition) is 1. The number of amides is 1. The molecule has 0 bridgehead atoms. The third kappa shape index (κ3) is 3.91. The standard InChI is InChI=1S/C19H20N2OS2/c1-2-3-11-21-18(22)17(20-19(21)23)13-16-10-9-15(24-16)12-14-7-5-4-6-8-14/h4-10,13H,2-3,11-12H2,1H3,(H,20,23)/b17-13+. The molecular formula is C19H20N2OS2. The summed E-state index contributed by atoms with van der Waals surface area (Å²) < 4.78 is 0. The number of thiocarbonyl (C=S) groups is 1. The molecule has 0 saturated carbocycles. The lowest BCUT2D eigenvalue weighted by Crippen LogP contribution is -2.31. The van der Waals surface area contributed by atoms with Crippen molar-refractivity contribution in [3.05, 3.63) is 63.5 Å². The second-order valence-electron chi connectivity index (χ2n) is 5.76. The lowest BCUT2D eigenvalue weighted by atomic mass is 10.1. The maximum atomic E-state index is 12.4. The Bertz CT molecular complexity index is 765. The first-order valence-corrected chi connectivity index (χ1v) is 9.37. The summed E-state index contributed by atoms with van der Waals surface area (Å²) >= 11 is 6.98. The van der Waals surface area contributed by atoms with E-state index in [1.807, 2.05) is 12.1 Å². The van der Waals surface area contributed by atoms with Gasteiger partial charge in [-0.3, -0.25) is 9.69 Å². The molecule has 3 nitrogen and oxygen atoms in total. The van der Waals surface area contributed by atoms with Crippen molar-refractivity contribution < 1.29 is 4.79 Å². The molecule has 24 heavy (non-hydrogen) atoms. The van der Waals surface area contributed by atoms with E-state index in [-0.39, 0.29) is 5.91 Å². The summed E-state index contributed by atoms with van der Waals surface area (Å²) in [4.78, 5) is 16.4. The average molecular weight is 357 g/mol. The lowest BCUT2D eigenvalue weighted by Gasteiger charge is -2.12. The molecule has 0 aliphatic carbocycles. The van der Waals surface area contributed by atoms with Gasteiger partial charge in [0.15, 0.2) is 5.11 Å². The number of carbonyl (C=O) groups is 1. The van der Waals surface area contributed by atoms with Crippen LogP contribution in [0.15, 0.2) is 48.2 Å². The van der Waals surface area contributed by atoms with Crippen LogP contribution >= 0.6 is 23.6 Å². The molecule has 0 unspecified atom stereocenters. The molecule has 3 rings (SSSR count). The van der Waals surface area contributed by atoms with E-state index in [1.165, 1.54) is 10.4 Å². The van der Waals surface area contributed by atoms with E-state index in [2.05, 4.69) is 48.6 Å². The predicted molar refractivity (Wildman–Crippen MR) is 104 cm³/mol. The van der Waals surface area contributed by atoms with Crippen LogP contribution in [0, 0.1) is 0 Å². The van der Waals surface area contributed by atoms with Crippen molar-refractivity contribution in [3.8, 4) is 0 Å². The highest BCUT2D eigenvalue weighted by atomic mass is 32.1. The Hall–Kier alpha value is -1.98. The minimum atomic E-state index is -0.0218. The van der Waals surface area contributed by atoms with Crippen molar-refractivity contribution in [2.75, 3.05) is 6.54 Å². The predicted octanol–water partition coefficient (Wildman–Crippen LogP) is 4.20. The van der Waals surface area contributed by atoms with Crippen LogP contribution < -0.4 is 5.32 Å². The minimum absolute atomic E-state index is 0.0218. The fraction of sp³-hybridized carbons (Fsp3) is 0.263. The molecule has 1 amide bonds. The van der Waals surface area contributed by atoms with Crippen molar-refractivity contribution in [3.63, 3.8) is 0 Å². The number of nitrogens with zero attached hydrogens (tertiary/aromatic N) is 1. The van der Waals surface area contributed by atoms with Crippen LogP contribution in [-0.4, -0.2) is 22.5 Å². The van der Waals surface area contributed by atoms with Gasteiger partial charge in [0.1, 0.15) is 5.70 Å². The molecule has 1 saturated heterocycles. The highest BCUT2D eigenvalue weighted by Gasteiger charge is 2.29. The minimum Gasteiger partial charge on any atom is -0.328 e. The molecule has 1 aliphatic rings. The third-order valence-electron chi connectivity index (χ3n) is 3.89. The zero-order chi connectivity index (χ0) is 16.9. The molecule has 1 aromatic carbocycles. The Morgan fingerprint density at radius 1 is 1.21 bits per heavy atom. The number of benzene rings is 1. The van der Waals surface area contributed by atoms with Gasteiger partial charge in [-0.25, -0.2) is 0 Å². The van der Waals surface area contributed by atoms with E-state index >= 15 is 0 Å². The number of unbranched alkanes of at least 4 members (excludes halogenated alkanes) is 1. The molecule has 5 heteroatoms. The van der Waals surface area contributed by atoms with Crippen LogP contribution in [-0.2, 0) is 11.2 Å². The summed E-state index contributed by atoms with van der Waals surface area (Å²) in [6.45, 7) is 2.79. The van der Waals surface area contributed by atoms with Gasteiger partial charge in [-0.15, -0.1) is 11.3 Å². The molecule has 124 valence electrons. The summed E-state index contributed by atoms with van der Waals surface area (Å²) in [6, 6.07) is 14.6. The van der Waals surface area contributed by atoms with Gasteiger partial charge in [0, 0.05) is 22.7 Å². The van der Waals surface area contributed by atoms with Crippen molar-refractivity contribution in [2.24, 2.45) is 0 Å². The average Bonchev–Trinajstić information content (AvgIpc) is 3.12. The van der Waals surface area contributed by atoms with Gasteiger partial charge in [-0.1, -0.05) is 43.7 Å². The first-order valence-electron chi connectivity index (χ1n) is 8.14. The highest BCUT2D eigenvalue weighted by Crippen LogP contribution is 2.23. The Labute approximate surface area is 152 Å². The van der Waals surface area contributed by atoms with Gasteiger partial charge in [0.2, 0.25) is 0 Å². The van der Waals surface area contributed by atoms with Crippen LogP contribution in [0.5, 0.6) is 0 Å². The van der Waals surface area contributed by atoms with Crippen LogP contribution in [0.1, 0.15) is 35.1 Å². The molecule has 1 aromatic heterocycles. The molecule has 2 heterocycles. The van der Waals surface area contributed by atoms with Gasteiger partial charge in [-0.2, -0.15) is 0 Å². The third-order valence-corrected chi connectivity index (χ3v) is 5.24. The first kappa shape index (κ1) is 16.9. The monoisotopic (exact) mass is 356 g/mol. The summed E-state index contributed by atoms with van der Waals surface area (Å²) in [5.41, 5.74) is 1.87. The van der Waals surface area contributed by atoms with Crippen molar-refractivity contribution >= 4 is 40.7 Å². The molecule has 0 spiro atoms. The number of thiophene rings is 1. The first-order chi connectivity index (χ1) is 11.7. The maximum absolute atomic E-state index is 12.4. The number of nitrogens with one attached hydrogen (secondary N) is 1. The van der Waals surface area contributed by atoms with Gasteiger partial charge >= 0.3 is 0 Å². The molecule has 2 aromatic rings. The second kappa shape index (κ2) is 7.73. The van der Waals surface area contributed by atoms with E-state index < -0.39 is 0 Å². The number of carbonyl (C=O) groups excluding carboxylic acids is 1. The van der Waals surface area contributed by atoms with E-state index in [1.54, 1.807) is 16.2 Å². The van der Waals surface area contributed by atoms with Gasteiger partial charge in [0.25, 0.3) is 5.91 Å². The SMILES string of the molecule is CCCCN1C(=O)/C(=C\c2ccc(Cc3ccccc3)s2)NC1=S. The summed E-state index contributed by atoms with van der Waals surface area (Å²) in [5, 5.41) is 3.56.